The van der Waals surface area contributed by atoms with Crippen molar-refractivity contribution in [3.63, 3.8) is 0 Å². The Morgan fingerprint density at radius 1 is 0.957 bits per heavy atom. The number of rotatable bonds is 7. The van der Waals surface area contributed by atoms with Gasteiger partial charge in [-0.3, -0.25) is 0 Å². The molecule has 2 saturated heterocycles. The van der Waals surface area contributed by atoms with Crippen molar-refractivity contribution in [1.29, 1.82) is 0 Å². The molecule has 0 radical (unpaired) electrons. The monoisotopic (exact) mass is 330 g/mol. The highest BCUT2D eigenvalue weighted by molar-refractivity contribution is 4.80. The van der Waals surface area contributed by atoms with Crippen LogP contribution in [-0.4, -0.2) is 48.2 Å². The lowest BCUT2D eigenvalue weighted by molar-refractivity contribution is -0.271. The molecule has 1 N–H and O–H groups in total. The molecule has 136 valence electrons. The first kappa shape index (κ1) is 19.1. The van der Waals surface area contributed by atoms with Gasteiger partial charge in [0.15, 0.2) is 12.6 Å². The molecule has 7 unspecified atom stereocenters. The van der Waals surface area contributed by atoms with Gasteiger partial charge in [0.25, 0.3) is 0 Å². The van der Waals surface area contributed by atoms with E-state index in [1.165, 1.54) is 0 Å². The van der Waals surface area contributed by atoms with Crippen LogP contribution < -0.4 is 0 Å². The van der Waals surface area contributed by atoms with Crippen LogP contribution in [0, 0.1) is 0 Å². The normalized spacial score (nSPS) is 40.0. The fourth-order valence-corrected chi connectivity index (χ4v) is 3.61. The molecule has 5 heteroatoms. The molecule has 0 saturated carbocycles. The highest BCUT2D eigenvalue weighted by Gasteiger charge is 2.34. The van der Waals surface area contributed by atoms with Gasteiger partial charge in [-0.05, 0) is 33.1 Å². The third-order valence-electron chi connectivity index (χ3n) is 4.62. The second-order valence-electron chi connectivity index (χ2n) is 7.02. The lowest BCUT2D eigenvalue weighted by atomic mass is 9.96. The first-order valence-electron chi connectivity index (χ1n) is 9.30. The van der Waals surface area contributed by atoms with Crippen molar-refractivity contribution >= 4 is 0 Å². The van der Waals surface area contributed by atoms with Crippen LogP contribution in [-0.2, 0) is 18.9 Å². The van der Waals surface area contributed by atoms with Gasteiger partial charge < -0.3 is 24.1 Å². The number of hydrogen-bond donors (Lipinski definition) is 1. The molecular weight excluding hydrogens is 296 g/mol. The van der Waals surface area contributed by atoms with E-state index in [0.717, 1.165) is 38.5 Å². The average Bonchev–Trinajstić information content (AvgIpc) is 2.45. The maximum atomic E-state index is 9.67. The van der Waals surface area contributed by atoms with Crippen molar-refractivity contribution < 1.29 is 24.1 Å². The van der Waals surface area contributed by atoms with Crippen molar-refractivity contribution in [2.45, 2.75) is 116 Å². The molecule has 2 fully saturated rings. The van der Waals surface area contributed by atoms with Crippen LogP contribution >= 0.6 is 0 Å². The lowest BCUT2D eigenvalue weighted by Gasteiger charge is -2.40. The van der Waals surface area contributed by atoms with E-state index in [4.69, 9.17) is 18.9 Å². The van der Waals surface area contributed by atoms with E-state index in [1.54, 1.807) is 0 Å². The molecule has 23 heavy (non-hydrogen) atoms. The van der Waals surface area contributed by atoms with Crippen LogP contribution in [0.25, 0.3) is 0 Å². The van der Waals surface area contributed by atoms with Crippen molar-refractivity contribution in [2.75, 3.05) is 0 Å². The third-order valence-corrected chi connectivity index (χ3v) is 4.62. The predicted molar refractivity (Wildman–Crippen MR) is 88.1 cm³/mol. The van der Waals surface area contributed by atoms with Gasteiger partial charge in [0.05, 0.1) is 30.5 Å². The smallest absolute Gasteiger partial charge is 0.158 e. The summed E-state index contributed by atoms with van der Waals surface area (Å²) in [4.78, 5) is 0. The minimum Gasteiger partial charge on any atom is -0.393 e. The molecule has 5 nitrogen and oxygen atoms in total. The predicted octanol–water partition coefficient (Wildman–Crippen LogP) is 3.38. The van der Waals surface area contributed by atoms with Crippen molar-refractivity contribution in [3.05, 3.63) is 0 Å². The summed E-state index contributed by atoms with van der Waals surface area (Å²) >= 11 is 0. The SMILES string of the molecule is CCCC1OC(CC(C)O)CC(CC2CC(CC)OC(C)O2)O1. The molecule has 0 spiro atoms. The standard InChI is InChI=1S/C18H34O5/c1-5-7-18-22-15(8-12(3)19)10-17(23-18)11-16-9-14(6-2)20-13(4)21-16/h12-19H,5-11H2,1-4H3. The fraction of sp³-hybridized carbons (Fsp3) is 1.00. The Labute approximate surface area is 140 Å². The largest absolute Gasteiger partial charge is 0.393 e. The molecule has 0 aromatic carbocycles. The summed E-state index contributed by atoms with van der Waals surface area (Å²) < 4.78 is 23.8. The zero-order valence-electron chi connectivity index (χ0n) is 15.1. The zero-order chi connectivity index (χ0) is 16.8. The van der Waals surface area contributed by atoms with Gasteiger partial charge >= 0.3 is 0 Å². The topological polar surface area (TPSA) is 57.2 Å². The van der Waals surface area contributed by atoms with Gasteiger partial charge in [0.1, 0.15) is 0 Å². The van der Waals surface area contributed by atoms with Crippen LogP contribution in [0.4, 0.5) is 0 Å². The van der Waals surface area contributed by atoms with Gasteiger partial charge in [-0.25, -0.2) is 0 Å². The van der Waals surface area contributed by atoms with Crippen LogP contribution in [0.5, 0.6) is 0 Å². The molecule has 0 bridgehead atoms. The molecule has 2 aliphatic heterocycles. The molecule has 0 aromatic heterocycles. The first-order chi connectivity index (χ1) is 11.0. The Bertz CT molecular complexity index is 335. The Morgan fingerprint density at radius 3 is 2.22 bits per heavy atom. The maximum absolute atomic E-state index is 9.67. The summed E-state index contributed by atoms with van der Waals surface area (Å²) in [5, 5.41) is 9.67. The number of ether oxygens (including phenoxy) is 4. The number of aliphatic hydroxyl groups is 1. The van der Waals surface area contributed by atoms with E-state index < -0.39 is 0 Å². The van der Waals surface area contributed by atoms with E-state index in [9.17, 15) is 5.11 Å². The average molecular weight is 330 g/mol. The van der Waals surface area contributed by atoms with E-state index in [2.05, 4.69) is 13.8 Å². The quantitative estimate of drug-likeness (QED) is 0.775. The molecule has 0 aromatic rings. The van der Waals surface area contributed by atoms with Gasteiger partial charge in [0, 0.05) is 19.3 Å². The highest BCUT2D eigenvalue weighted by Crippen LogP contribution is 2.30. The van der Waals surface area contributed by atoms with E-state index in [-0.39, 0.29) is 43.1 Å². The Hall–Kier alpha value is -0.200. The summed E-state index contributed by atoms with van der Waals surface area (Å²) in [6, 6.07) is 0. The minimum atomic E-state index is -0.343. The van der Waals surface area contributed by atoms with Gasteiger partial charge in [-0.15, -0.1) is 0 Å². The third kappa shape index (κ3) is 6.31. The van der Waals surface area contributed by atoms with Crippen LogP contribution in [0.15, 0.2) is 0 Å². The fourth-order valence-electron chi connectivity index (χ4n) is 3.61. The first-order valence-corrected chi connectivity index (χ1v) is 9.30. The van der Waals surface area contributed by atoms with Crippen molar-refractivity contribution in [1.82, 2.24) is 0 Å². The molecule has 7 atom stereocenters. The van der Waals surface area contributed by atoms with Crippen molar-refractivity contribution in [3.8, 4) is 0 Å². The molecule has 0 amide bonds. The summed E-state index contributed by atoms with van der Waals surface area (Å²) in [6.07, 6.45) is 6.29. The van der Waals surface area contributed by atoms with Gasteiger partial charge in [0.2, 0.25) is 0 Å². The van der Waals surface area contributed by atoms with E-state index >= 15 is 0 Å². The summed E-state index contributed by atoms with van der Waals surface area (Å²) in [5.74, 6) is 0. The van der Waals surface area contributed by atoms with Crippen LogP contribution in [0.2, 0.25) is 0 Å². The summed E-state index contributed by atoms with van der Waals surface area (Å²) in [5.41, 5.74) is 0. The summed E-state index contributed by atoms with van der Waals surface area (Å²) in [7, 11) is 0. The van der Waals surface area contributed by atoms with Gasteiger partial charge in [-0.2, -0.15) is 0 Å². The lowest BCUT2D eigenvalue weighted by Crippen LogP contribution is -2.43. The van der Waals surface area contributed by atoms with E-state index in [1.807, 2.05) is 13.8 Å². The molecule has 0 aliphatic carbocycles. The minimum absolute atomic E-state index is 0.0736. The Morgan fingerprint density at radius 2 is 1.57 bits per heavy atom. The molecule has 2 aliphatic rings. The number of hydrogen-bond acceptors (Lipinski definition) is 5. The zero-order valence-corrected chi connectivity index (χ0v) is 15.1. The maximum Gasteiger partial charge on any atom is 0.158 e. The molecule has 2 rings (SSSR count). The summed E-state index contributed by atoms with van der Waals surface area (Å²) in [6.45, 7) is 8.07. The second-order valence-corrected chi connectivity index (χ2v) is 7.02. The van der Waals surface area contributed by atoms with Crippen LogP contribution in [0.1, 0.15) is 72.6 Å². The Balaban J connectivity index is 1.90. The van der Waals surface area contributed by atoms with E-state index in [0.29, 0.717) is 6.42 Å². The molecular formula is C18H34O5. The van der Waals surface area contributed by atoms with Gasteiger partial charge in [-0.1, -0.05) is 20.3 Å². The number of aliphatic hydroxyl groups excluding tert-OH is 1. The Kier molecular flexibility index (Phi) is 7.76. The molecule has 2 heterocycles. The van der Waals surface area contributed by atoms with Crippen LogP contribution in [0.3, 0.4) is 0 Å². The van der Waals surface area contributed by atoms with Crippen molar-refractivity contribution in [2.24, 2.45) is 0 Å². The highest BCUT2D eigenvalue weighted by atomic mass is 16.7. The second kappa shape index (κ2) is 9.33.